The Morgan fingerprint density at radius 3 is 2.20 bits per heavy atom. The molecule has 0 aromatic rings. The van der Waals surface area contributed by atoms with Crippen molar-refractivity contribution in [3.8, 4) is 0 Å². The van der Waals surface area contributed by atoms with E-state index < -0.39 is 112 Å². The van der Waals surface area contributed by atoms with Gasteiger partial charge in [-0.3, -0.25) is 18.6 Å². The van der Waals surface area contributed by atoms with E-state index in [9.17, 15) is 51.0 Å². The highest BCUT2D eigenvalue weighted by Crippen LogP contribution is 2.40. The van der Waals surface area contributed by atoms with Gasteiger partial charge in [-0.25, -0.2) is 4.79 Å². The third-order valence-electron chi connectivity index (χ3n) is 13.4. The number of aliphatic hydroxyl groups is 2. The van der Waals surface area contributed by atoms with Crippen LogP contribution in [0.2, 0.25) is 0 Å². The number of methoxy groups -OCH3 is 3. The molecule has 4 aliphatic rings. The fourth-order valence-electron chi connectivity index (χ4n) is 9.74. The molecule has 0 aromatic carbocycles. The van der Waals surface area contributed by atoms with Gasteiger partial charge in [-0.15, -0.1) is 6.58 Å². The normalized spacial score (nSPS) is 38.3. The summed E-state index contributed by atoms with van der Waals surface area (Å²) in [5, 5.41) is 23.8. The third kappa shape index (κ3) is 12.7. The van der Waals surface area contributed by atoms with E-state index in [-0.39, 0.29) is 63.2 Å². The number of fused-ring (bicyclic) bond motifs is 3. The van der Waals surface area contributed by atoms with Crippen LogP contribution >= 0.6 is 0 Å². The Bertz CT molecular complexity index is 1840. The van der Waals surface area contributed by atoms with Gasteiger partial charge in [0, 0.05) is 52.0 Å². The highest BCUT2D eigenvalue weighted by Gasteiger charge is 2.57. The molecule has 14 atom stereocenters. The summed E-state index contributed by atoms with van der Waals surface area (Å²) in [6.07, 6.45) is -0.0835. The van der Waals surface area contributed by atoms with E-state index in [0.29, 0.717) is 31.3 Å². The average Bonchev–Trinajstić information content (AvgIpc) is 3.23. The van der Waals surface area contributed by atoms with Gasteiger partial charge < -0.3 is 38.8 Å². The molecule has 2 N–H and O–H groups in total. The first kappa shape index (κ1) is 53.6. The number of rotatable bonds is 9. The summed E-state index contributed by atoms with van der Waals surface area (Å²) in [6.45, 7) is 12.5. The van der Waals surface area contributed by atoms with E-state index >= 15 is 0 Å². The summed E-state index contributed by atoms with van der Waals surface area (Å²) in [6, 6.07) is -1.29. The SMILES string of the molecule is C=CC[C@@H]1/C=C(\C)C[C@H](C)C[C@H](OC)[C@H]2O[C@@](O)(C(=O)C(=O)N3CCCC[C@H]3C(=O)O[C@H](/C(C)=C/[C@@H]3CCC(OS(=O)(=O)C(F)(F)F)[C@H](OC)C3)[C@H](C)[C@@H](O)CC1=O)[C@H](C)C[C@@H]2OC. The van der Waals surface area contributed by atoms with Gasteiger partial charge in [-0.2, -0.15) is 21.6 Å². The zero-order valence-electron chi connectivity index (χ0n) is 38.2. The second-order valence-electron chi connectivity index (χ2n) is 18.2. The molecule has 2 saturated heterocycles. The predicted molar refractivity (Wildman–Crippen MR) is 226 cm³/mol. The molecule has 1 aliphatic carbocycles. The maximum atomic E-state index is 14.4. The summed E-state index contributed by atoms with van der Waals surface area (Å²) in [5.74, 6) is -9.20. The summed E-state index contributed by atoms with van der Waals surface area (Å²) in [7, 11) is -1.72. The number of halogens is 3. The van der Waals surface area contributed by atoms with Crippen molar-refractivity contribution in [2.24, 2.45) is 29.6 Å². The van der Waals surface area contributed by atoms with Crippen LogP contribution in [0.3, 0.4) is 0 Å². The van der Waals surface area contributed by atoms with Gasteiger partial charge in [0.2, 0.25) is 5.79 Å². The highest BCUT2D eigenvalue weighted by atomic mass is 32.2. The van der Waals surface area contributed by atoms with Gasteiger partial charge >= 0.3 is 21.6 Å². The van der Waals surface area contributed by atoms with E-state index in [0.717, 1.165) is 10.5 Å². The molecule has 1 unspecified atom stereocenters. The predicted octanol–water partition coefficient (Wildman–Crippen LogP) is 5.51. The molecule has 4 rings (SSSR count). The molecule has 1 amide bonds. The van der Waals surface area contributed by atoms with E-state index in [2.05, 4.69) is 10.8 Å². The molecule has 64 heavy (non-hydrogen) atoms. The summed E-state index contributed by atoms with van der Waals surface area (Å²) >= 11 is 0. The molecule has 1 saturated carbocycles. The average molecular weight is 936 g/mol. The lowest BCUT2D eigenvalue weighted by Gasteiger charge is -2.47. The van der Waals surface area contributed by atoms with Crippen LogP contribution in [0.15, 0.2) is 36.0 Å². The number of cyclic esters (lactones) is 1. The van der Waals surface area contributed by atoms with Gasteiger partial charge in [0.25, 0.3) is 11.7 Å². The lowest BCUT2D eigenvalue weighted by Crippen LogP contribution is -2.64. The van der Waals surface area contributed by atoms with Gasteiger partial charge in [0.15, 0.2) is 0 Å². The van der Waals surface area contributed by atoms with Crippen LogP contribution in [0, 0.1) is 29.6 Å². The maximum Gasteiger partial charge on any atom is 0.523 e. The molecule has 19 heteroatoms. The Hall–Kier alpha value is -3.04. The highest BCUT2D eigenvalue weighted by molar-refractivity contribution is 7.87. The molecule has 3 fully saturated rings. The third-order valence-corrected chi connectivity index (χ3v) is 14.4. The van der Waals surface area contributed by atoms with Crippen LogP contribution in [0.5, 0.6) is 0 Å². The number of nitrogens with zero attached hydrogens (tertiary/aromatic N) is 1. The van der Waals surface area contributed by atoms with E-state index in [4.69, 9.17) is 23.7 Å². The second kappa shape index (κ2) is 22.6. The van der Waals surface area contributed by atoms with Gasteiger partial charge in [-0.05, 0) is 95.5 Å². The van der Waals surface area contributed by atoms with Crippen molar-refractivity contribution in [3.05, 3.63) is 36.0 Å². The summed E-state index contributed by atoms with van der Waals surface area (Å²) < 4.78 is 97.2. The van der Waals surface area contributed by atoms with Crippen LogP contribution in [0.4, 0.5) is 13.2 Å². The largest absolute Gasteiger partial charge is 0.523 e. The lowest BCUT2D eigenvalue weighted by atomic mass is 9.81. The molecular formula is C45H68F3NO14S. The number of ketones is 2. The number of Topliss-reactive ketones (excluding diaryl/α,β-unsaturated/α-hetero) is 2. The summed E-state index contributed by atoms with van der Waals surface area (Å²) in [4.78, 5) is 58.0. The fraction of sp³-hybridized carbons (Fsp3) is 0.778. The number of hydrogen-bond donors (Lipinski definition) is 2. The molecule has 2 bridgehead atoms. The number of ether oxygens (including phenoxy) is 5. The van der Waals surface area contributed by atoms with Gasteiger partial charge in [-0.1, -0.05) is 44.6 Å². The Morgan fingerprint density at radius 1 is 0.953 bits per heavy atom. The number of hydrogen-bond acceptors (Lipinski definition) is 14. The zero-order valence-corrected chi connectivity index (χ0v) is 39.0. The van der Waals surface area contributed by atoms with Crippen molar-refractivity contribution in [1.29, 1.82) is 0 Å². The Labute approximate surface area is 375 Å². The van der Waals surface area contributed by atoms with Gasteiger partial charge in [0.1, 0.15) is 30.1 Å². The van der Waals surface area contributed by atoms with Crippen molar-refractivity contribution < 1.29 is 78.8 Å². The molecule has 0 radical (unpaired) electrons. The number of allylic oxidation sites excluding steroid dienone is 4. The topological polar surface area (TPSA) is 201 Å². The quantitative estimate of drug-likeness (QED) is 0.0964. The van der Waals surface area contributed by atoms with Crippen molar-refractivity contribution in [3.63, 3.8) is 0 Å². The number of alkyl halides is 3. The van der Waals surface area contributed by atoms with Gasteiger partial charge in [0.05, 0.1) is 24.4 Å². The monoisotopic (exact) mass is 935 g/mol. The smallest absolute Gasteiger partial charge is 0.456 e. The van der Waals surface area contributed by atoms with E-state index in [1.54, 1.807) is 32.9 Å². The molecule has 0 aromatic heterocycles. The minimum atomic E-state index is -5.90. The number of carbonyl (C=O) groups is 4. The van der Waals surface area contributed by atoms with Crippen LogP contribution in [-0.2, 0) is 57.2 Å². The summed E-state index contributed by atoms with van der Waals surface area (Å²) in [5.41, 5.74) is -4.35. The Kier molecular flexibility index (Phi) is 18.9. The van der Waals surface area contributed by atoms with Crippen molar-refractivity contribution in [2.45, 2.75) is 165 Å². The Morgan fingerprint density at radius 2 is 1.59 bits per heavy atom. The van der Waals surface area contributed by atoms with Crippen LogP contribution in [-0.4, -0.2) is 135 Å². The molecule has 15 nitrogen and oxygen atoms in total. The number of piperidine rings is 1. The van der Waals surface area contributed by atoms with Crippen LogP contribution in [0.25, 0.3) is 0 Å². The standard InChI is InChI=1S/C45H68F3NO14S/c1-10-13-31-19-25(2)18-26(3)20-37(59-8)40-38(60-9)22-28(5)44(55,62-40)41(52)42(53)49-17-12-11-14-32(49)43(54)61-39(29(6)33(50)24-34(31)51)27(4)21-30-15-16-35(36(23-30)58-7)63-64(56,57)45(46,47)48/h10,19,21,26,28-33,35-40,50,55H,1,11-18,20,22-24H2,2-9H3/b25-19+,27-21+/t26-,28+,29+,30-,31+,32-,33-,35?,36+,37-,38-,39+,40+,44+/m0/s1. The maximum absolute atomic E-state index is 14.4. The van der Waals surface area contributed by atoms with Crippen LogP contribution < -0.4 is 0 Å². The van der Waals surface area contributed by atoms with Crippen molar-refractivity contribution in [1.82, 2.24) is 4.90 Å². The molecule has 3 heterocycles. The molecular weight excluding hydrogens is 868 g/mol. The first-order chi connectivity index (χ1) is 29.9. The second-order valence-corrected chi connectivity index (χ2v) is 19.8. The first-order valence-corrected chi connectivity index (χ1v) is 23.5. The number of carbonyl (C=O) groups excluding carboxylic acids is 4. The van der Waals surface area contributed by atoms with Crippen LogP contribution in [0.1, 0.15) is 105 Å². The molecule has 3 aliphatic heterocycles. The van der Waals surface area contributed by atoms with E-state index in [1.165, 1.54) is 21.3 Å². The minimum absolute atomic E-state index is 0.0197. The molecule has 364 valence electrons. The minimum Gasteiger partial charge on any atom is -0.456 e. The van der Waals surface area contributed by atoms with Crippen molar-refractivity contribution >= 4 is 33.6 Å². The van der Waals surface area contributed by atoms with Crippen molar-refractivity contribution in [2.75, 3.05) is 27.9 Å². The fourth-order valence-corrected chi connectivity index (χ4v) is 10.4. The number of aliphatic hydroxyl groups excluding tert-OH is 1. The first-order valence-electron chi connectivity index (χ1n) is 22.1. The number of esters is 1. The van der Waals surface area contributed by atoms with E-state index in [1.807, 2.05) is 19.9 Å². The lowest BCUT2D eigenvalue weighted by molar-refractivity contribution is -0.302. The Balaban J connectivity index is 1.76. The number of amides is 1. The zero-order chi connectivity index (χ0) is 47.9. The molecule has 0 spiro atoms.